The zero-order valence-corrected chi connectivity index (χ0v) is 30.1. The second-order valence-electron chi connectivity index (χ2n) is 13.8. The SMILES string of the molecule is C[N+]1(C(=O)NCc2ccccc2)C2CN(Cc3cccc4ncccc34)C(=O)C(/C=C/c3ccc(O)cc3)N2C(=O)CN1Cc1cc(-c2ccccn2)no1. The Kier molecular flexibility index (Phi) is 9.62. The number of likely N-dealkylation sites (N-methyl/N-ethyl adjacent to an activating group) is 1. The number of phenols is 1. The molecule has 276 valence electrons. The summed E-state index contributed by atoms with van der Waals surface area (Å²) >= 11 is 0. The number of rotatable bonds is 9. The van der Waals surface area contributed by atoms with Gasteiger partial charge in [-0.25, -0.2) is 4.79 Å². The Labute approximate surface area is 317 Å². The predicted octanol–water partition coefficient (Wildman–Crippen LogP) is 5.36. The lowest BCUT2D eigenvalue weighted by Gasteiger charge is -2.56. The van der Waals surface area contributed by atoms with Crippen molar-refractivity contribution in [3.8, 4) is 17.1 Å². The molecule has 13 heteroatoms. The van der Waals surface area contributed by atoms with Crippen molar-refractivity contribution in [1.29, 1.82) is 0 Å². The zero-order chi connectivity index (χ0) is 37.9. The smallest absolute Gasteiger partial charge is 0.438 e. The number of piperazine rings is 1. The van der Waals surface area contributed by atoms with Crippen molar-refractivity contribution in [1.82, 2.24) is 35.3 Å². The Balaban J connectivity index is 1.20. The first kappa shape index (κ1) is 35.3. The van der Waals surface area contributed by atoms with E-state index in [0.717, 1.165) is 27.6 Å². The van der Waals surface area contributed by atoms with E-state index >= 15 is 0 Å². The molecule has 3 unspecified atom stereocenters. The minimum atomic E-state index is -1.03. The molecule has 2 aliphatic heterocycles. The number of amides is 4. The van der Waals surface area contributed by atoms with Crippen molar-refractivity contribution >= 4 is 34.8 Å². The van der Waals surface area contributed by atoms with E-state index in [4.69, 9.17) is 4.52 Å². The van der Waals surface area contributed by atoms with Gasteiger partial charge in [0.25, 0.3) is 0 Å². The summed E-state index contributed by atoms with van der Waals surface area (Å²) < 4.78 is 5.39. The summed E-state index contributed by atoms with van der Waals surface area (Å²) in [6.45, 7) is 0.431. The largest absolute Gasteiger partial charge is 0.508 e. The Hall–Kier alpha value is -6.70. The first-order chi connectivity index (χ1) is 26.8. The number of carbonyl (C=O) groups is 3. The van der Waals surface area contributed by atoms with Crippen LogP contribution < -0.4 is 5.32 Å². The minimum Gasteiger partial charge on any atom is -0.508 e. The molecule has 0 saturated carbocycles. The molecule has 0 radical (unpaired) electrons. The van der Waals surface area contributed by atoms with Crippen molar-refractivity contribution in [3.05, 3.63) is 150 Å². The summed E-state index contributed by atoms with van der Waals surface area (Å²) in [5.41, 5.74) is 4.49. The predicted molar refractivity (Wildman–Crippen MR) is 204 cm³/mol. The minimum absolute atomic E-state index is 0.0616. The number of carbonyl (C=O) groups excluding carboxylic acids is 3. The first-order valence-electron chi connectivity index (χ1n) is 18.0. The van der Waals surface area contributed by atoms with Gasteiger partial charge in [-0.2, -0.15) is 0 Å². The molecule has 13 nitrogen and oxygen atoms in total. The number of nitrogens with zero attached hydrogens (tertiary/aromatic N) is 7. The Morgan fingerprint density at radius 3 is 2.51 bits per heavy atom. The summed E-state index contributed by atoms with van der Waals surface area (Å²) in [7, 11) is 1.77. The normalized spacial score (nSPS) is 20.2. The molecule has 3 aromatic carbocycles. The van der Waals surface area contributed by atoms with Gasteiger partial charge in [0, 0.05) is 36.9 Å². The number of fused-ring (bicyclic) bond motifs is 2. The number of hydrogen-bond acceptors (Lipinski definition) is 9. The molecule has 6 aromatic rings. The Morgan fingerprint density at radius 1 is 0.909 bits per heavy atom. The molecular weight excluding hydrogens is 697 g/mol. The van der Waals surface area contributed by atoms with Crippen LogP contribution in [0.3, 0.4) is 0 Å². The summed E-state index contributed by atoms with van der Waals surface area (Å²) in [6, 6.07) is 31.7. The number of aromatic nitrogens is 3. The highest BCUT2D eigenvalue weighted by Gasteiger charge is 2.60. The fourth-order valence-corrected chi connectivity index (χ4v) is 7.38. The van der Waals surface area contributed by atoms with Crippen molar-refractivity contribution in [3.63, 3.8) is 0 Å². The lowest BCUT2D eigenvalue weighted by molar-refractivity contribution is -0.985. The number of pyridine rings is 2. The van der Waals surface area contributed by atoms with Crippen LogP contribution >= 0.6 is 0 Å². The van der Waals surface area contributed by atoms with Crippen LogP contribution in [0, 0.1) is 0 Å². The zero-order valence-electron chi connectivity index (χ0n) is 30.1. The van der Waals surface area contributed by atoms with E-state index in [1.807, 2.05) is 78.9 Å². The van der Waals surface area contributed by atoms with Crippen LogP contribution in [0.25, 0.3) is 28.4 Å². The van der Waals surface area contributed by atoms with E-state index in [2.05, 4.69) is 20.4 Å². The average molecular weight is 736 g/mol. The maximum atomic E-state index is 14.8. The van der Waals surface area contributed by atoms with Crippen LogP contribution in [0.4, 0.5) is 4.79 Å². The topological polar surface area (TPSA) is 145 Å². The van der Waals surface area contributed by atoms with Gasteiger partial charge in [-0.3, -0.25) is 29.8 Å². The van der Waals surface area contributed by atoms with E-state index in [9.17, 15) is 19.5 Å². The van der Waals surface area contributed by atoms with E-state index in [-0.39, 0.29) is 60.9 Å². The fourth-order valence-electron chi connectivity index (χ4n) is 7.38. The standard InChI is InChI=1S/C42H38N8O5/c1-50(42(54)45-24-30-9-3-2-4-10-30)39-27-47(25-31-11-7-14-35-34(31)12-8-22-43-35)41(53)38(20-17-29-15-18-32(51)19-16-29)49(39)40(52)28-48(50)26-33-23-37(46-55-33)36-13-5-6-21-44-36/h2-23,38-39H,24-28H2,1H3,(H-,45,51,54)/p+1/b20-17+. The van der Waals surface area contributed by atoms with Crippen LogP contribution in [-0.2, 0) is 29.2 Å². The molecule has 0 aliphatic carbocycles. The third-order valence-corrected chi connectivity index (χ3v) is 10.3. The molecule has 2 aliphatic rings. The number of phenolic OH excluding ortho intramolecular Hbond substituents is 1. The fraction of sp³-hybridized carbons (Fsp3) is 0.190. The van der Waals surface area contributed by atoms with Gasteiger partial charge >= 0.3 is 6.03 Å². The van der Waals surface area contributed by atoms with Gasteiger partial charge in [0.1, 0.15) is 30.6 Å². The molecule has 3 atom stereocenters. The van der Waals surface area contributed by atoms with Crippen molar-refractivity contribution in [2.45, 2.75) is 31.8 Å². The van der Waals surface area contributed by atoms with Crippen LogP contribution in [0.2, 0.25) is 0 Å². The maximum absolute atomic E-state index is 14.8. The molecule has 4 amide bonds. The van der Waals surface area contributed by atoms with E-state index in [1.54, 1.807) is 76.7 Å². The number of quaternary nitrogens is 1. The third kappa shape index (κ3) is 7.05. The highest BCUT2D eigenvalue weighted by molar-refractivity contribution is 5.93. The Morgan fingerprint density at radius 2 is 1.71 bits per heavy atom. The molecular formula is C42H39N8O5+. The quantitative estimate of drug-likeness (QED) is 0.188. The van der Waals surface area contributed by atoms with Gasteiger partial charge in [-0.05, 0) is 53.1 Å². The molecule has 2 saturated heterocycles. The molecule has 2 N–H and O–H groups in total. The number of benzene rings is 3. The molecule has 3 aromatic heterocycles. The molecule has 8 rings (SSSR count). The first-order valence-corrected chi connectivity index (χ1v) is 18.0. The van der Waals surface area contributed by atoms with Crippen LogP contribution in [-0.4, -0.2) is 89.8 Å². The second-order valence-corrected chi connectivity index (χ2v) is 13.8. The number of hydrogen-bond donors (Lipinski definition) is 2. The summed E-state index contributed by atoms with van der Waals surface area (Å²) in [4.78, 5) is 56.0. The van der Waals surface area contributed by atoms with Gasteiger partial charge < -0.3 is 14.5 Å². The number of aromatic hydroxyl groups is 1. The molecule has 0 bridgehead atoms. The highest BCUT2D eigenvalue weighted by atomic mass is 16.5. The maximum Gasteiger partial charge on any atom is 0.438 e. The summed E-state index contributed by atoms with van der Waals surface area (Å²) in [5.74, 6) is -0.0384. The van der Waals surface area contributed by atoms with Gasteiger partial charge in [-0.15, -0.1) is 9.60 Å². The number of nitrogens with one attached hydrogen (secondary N) is 1. The third-order valence-electron chi connectivity index (χ3n) is 10.3. The molecule has 5 heterocycles. The van der Waals surface area contributed by atoms with E-state index in [1.165, 1.54) is 0 Å². The lowest BCUT2D eigenvalue weighted by atomic mass is 10.0. The van der Waals surface area contributed by atoms with Crippen molar-refractivity contribution < 1.29 is 28.6 Å². The second kappa shape index (κ2) is 15.0. The van der Waals surface area contributed by atoms with E-state index < -0.39 is 12.2 Å². The van der Waals surface area contributed by atoms with E-state index in [0.29, 0.717) is 17.1 Å². The molecule has 2 fully saturated rings. The average Bonchev–Trinajstić information content (AvgIpc) is 3.69. The van der Waals surface area contributed by atoms with Gasteiger partial charge in [0.2, 0.25) is 18.0 Å². The van der Waals surface area contributed by atoms with Crippen LogP contribution in [0.1, 0.15) is 22.5 Å². The van der Waals surface area contributed by atoms with Gasteiger partial charge in [0.15, 0.2) is 5.76 Å². The Bertz CT molecular complexity index is 2360. The molecule has 0 spiro atoms. The van der Waals surface area contributed by atoms with Crippen LogP contribution in [0.5, 0.6) is 5.75 Å². The van der Waals surface area contributed by atoms with Crippen molar-refractivity contribution in [2.24, 2.45) is 0 Å². The lowest BCUT2D eigenvalue weighted by Crippen LogP contribution is -2.82. The highest BCUT2D eigenvalue weighted by Crippen LogP contribution is 2.35. The van der Waals surface area contributed by atoms with Gasteiger partial charge in [0.05, 0.1) is 24.8 Å². The summed E-state index contributed by atoms with van der Waals surface area (Å²) in [5, 5.41) is 19.9. The van der Waals surface area contributed by atoms with Crippen molar-refractivity contribution in [2.75, 3.05) is 20.1 Å². The summed E-state index contributed by atoms with van der Waals surface area (Å²) in [6.07, 6.45) is 6.03. The van der Waals surface area contributed by atoms with Crippen LogP contribution in [0.15, 0.2) is 132 Å². The van der Waals surface area contributed by atoms with Gasteiger partial charge in [-0.1, -0.05) is 84.0 Å². The monoisotopic (exact) mass is 735 g/mol. The molecule has 55 heavy (non-hydrogen) atoms. The number of urea groups is 1.